The van der Waals surface area contributed by atoms with Crippen molar-refractivity contribution in [1.29, 1.82) is 0 Å². The summed E-state index contributed by atoms with van der Waals surface area (Å²) in [7, 11) is 1.63. The molecule has 5 atom stereocenters. The monoisotopic (exact) mass is 398 g/mol. The second-order valence-electron chi connectivity index (χ2n) is 8.56. The van der Waals surface area contributed by atoms with E-state index < -0.39 is 5.41 Å². The van der Waals surface area contributed by atoms with Crippen LogP contribution in [-0.4, -0.2) is 49.1 Å². The molecule has 0 bridgehead atoms. The number of nitrogens with zero attached hydrogens (tertiary/aromatic N) is 1. The topological polar surface area (TPSA) is 77.1 Å². The molecule has 4 heterocycles. The second kappa shape index (κ2) is 6.49. The highest BCUT2D eigenvalue weighted by Gasteiger charge is 2.61. The summed E-state index contributed by atoms with van der Waals surface area (Å²) in [6, 6.07) is 5.91. The maximum atomic E-state index is 13.3. The highest BCUT2D eigenvalue weighted by Crippen LogP contribution is 2.54. The van der Waals surface area contributed by atoms with Crippen LogP contribution in [0, 0.1) is 11.8 Å². The third-order valence-corrected chi connectivity index (χ3v) is 7.23. The van der Waals surface area contributed by atoms with Crippen LogP contribution in [0.3, 0.4) is 0 Å². The average molecular weight is 398 g/mol. The first kappa shape index (κ1) is 18.5. The number of carbonyl (C=O) groups is 2. The minimum atomic E-state index is -0.574. The number of hydrogen-bond donors (Lipinski definition) is 1. The Balaban J connectivity index is 1.52. The number of fused-ring (bicyclic) bond motifs is 5. The summed E-state index contributed by atoms with van der Waals surface area (Å²) >= 11 is 0. The van der Waals surface area contributed by atoms with Gasteiger partial charge < -0.3 is 19.5 Å². The van der Waals surface area contributed by atoms with Gasteiger partial charge in [0.25, 0.3) is 0 Å². The summed E-state index contributed by atoms with van der Waals surface area (Å²) in [4.78, 5) is 27.3. The molecular formula is C22H26N2O5. The Morgan fingerprint density at radius 2 is 2.21 bits per heavy atom. The van der Waals surface area contributed by atoms with E-state index in [9.17, 15) is 9.59 Å². The minimum absolute atomic E-state index is 0.0470. The van der Waals surface area contributed by atoms with Gasteiger partial charge in [0.1, 0.15) is 17.8 Å². The summed E-state index contributed by atoms with van der Waals surface area (Å²) in [5.74, 6) is 1.35. The normalized spacial score (nSPS) is 35.1. The first-order chi connectivity index (χ1) is 13.9. The number of methoxy groups -OCH3 is 1. The number of hydrogen-bond acceptors (Lipinski definition) is 6. The van der Waals surface area contributed by atoms with E-state index in [0.717, 1.165) is 42.9 Å². The smallest absolute Gasteiger partial charge is 0.307 e. The lowest BCUT2D eigenvalue weighted by Crippen LogP contribution is -2.56. The molecule has 0 radical (unpaired) electrons. The minimum Gasteiger partial charge on any atom is -0.497 e. The van der Waals surface area contributed by atoms with Gasteiger partial charge in [-0.1, -0.05) is 6.07 Å². The molecule has 154 valence electrons. The molecule has 4 aliphatic rings. The fourth-order valence-electron chi connectivity index (χ4n) is 5.85. The van der Waals surface area contributed by atoms with Crippen molar-refractivity contribution in [2.45, 2.75) is 44.2 Å². The van der Waals surface area contributed by atoms with Gasteiger partial charge in [-0.3, -0.25) is 14.5 Å². The average Bonchev–Trinajstić information content (AvgIpc) is 3.21. The van der Waals surface area contributed by atoms with Crippen LogP contribution in [0.5, 0.6) is 5.75 Å². The van der Waals surface area contributed by atoms with Gasteiger partial charge in [-0.05, 0) is 37.9 Å². The van der Waals surface area contributed by atoms with Crippen molar-refractivity contribution in [3.8, 4) is 5.75 Å². The number of allylic oxidation sites excluding steroid dienone is 1. The number of amides is 1. The number of rotatable bonds is 2. The van der Waals surface area contributed by atoms with Crippen molar-refractivity contribution in [2.24, 2.45) is 11.8 Å². The van der Waals surface area contributed by atoms with Gasteiger partial charge in [0.15, 0.2) is 0 Å². The lowest BCUT2D eigenvalue weighted by atomic mass is 9.68. The Hall–Kier alpha value is -2.54. The van der Waals surface area contributed by atoms with E-state index in [0.29, 0.717) is 5.76 Å². The molecule has 29 heavy (non-hydrogen) atoms. The van der Waals surface area contributed by atoms with Crippen molar-refractivity contribution >= 4 is 17.6 Å². The van der Waals surface area contributed by atoms with Gasteiger partial charge in [0.05, 0.1) is 18.6 Å². The number of benzene rings is 1. The maximum absolute atomic E-state index is 13.3. The van der Waals surface area contributed by atoms with Crippen molar-refractivity contribution in [3.63, 3.8) is 0 Å². The van der Waals surface area contributed by atoms with Crippen LogP contribution < -0.4 is 10.1 Å². The zero-order valence-electron chi connectivity index (χ0n) is 16.9. The van der Waals surface area contributed by atoms with Crippen LogP contribution >= 0.6 is 0 Å². The fourth-order valence-corrected chi connectivity index (χ4v) is 5.85. The second-order valence-corrected chi connectivity index (χ2v) is 8.56. The summed E-state index contributed by atoms with van der Waals surface area (Å²) in [5, 5.41) is 3.09. The third kappa shape index (κ3) is 2.60. The molecule has 4 aliphatic heterocycles. The Kier molecular flexibility index (Phi) is 4.13. The third-order valence-electron chi connectivity index (χ3n) is 7.23. The van der Waals surface area contributed by atoms with Gasteiger partial charge >= 0.3 is 5.97 Å². The molecule has 1 aromatic rings. The molecule has 5 rings (SSSR count). The molecule has 0 aliphatic carbocycles. The first-order valence-electron chi connectivity index (χ1n) is 10.2. The predicted octanol–water partition coefficient (Wildman–Crippen LogP) is 2.42. The molecule has 2 fully saturated rings. The number of piperidine rings is 1. The zero-order valence-corrected chi connectivity index (χ0v) is 16.9. The van der Waals surface area contributed by atoms with Crippen LogP contribution in [0.4, 0.5) is 5.69 Å². The predicted molar refractivity (Wildman–Crippen MR) is 105 cm³/mol. The number of ether oxygens (including phenoxy) is 3. The number of anilines is 1. The zero-order chi connectivity index (χ0) is 20.3. The van der Waals surface area contributed by atoms with Crippen molar-refractivity contribution < 1.29 is 23.8 Å². The standard InChI is InChI=1S/C22H26N2O5/c1-12-16-10-24-7-6-22(17-5-4-14(27-3)8-18(17)23-21(22)26)20(24)9-15(16)19(11-28-12)29-13(2)25/h4-5,8,11-12,15-16,20H,6-7,9-10H2,1-3H3,(H,23,26). The van der Waals surface area contributed by atoms with Crippen molar-refractivity contribution in [3.05, 3.63) is 35.8 Å². The fraction of sp³-hybridized carbons (Fsp3) is 0.545. The summed E-state index contributed by atoms with van der Waals surface area (Å²) < 4.78 is 16.6. The highest BCUT2D eigenvalue weighted by atomic mass is 16.6. The van der Waals surface area contributed by atoms with E-state index in [-0.39, 0.29) is 35.9 Å². The van der Waals surface area contributed by atoms with Crippen LogP contribution in [0.2, 0.25) is 0 Å². The van der Waals surface area contributed by atoms with E-state index >= 15 is 0 Å². The Labute approximate surface area is 170 Å². The van der Waals surface area contributed by atoms with E-state index in [1.165, 1.54) is 6.92 Å². The van der Waals surface area contributed by atoms with Gasteiger partial charge in [0.2, 0.25) is 5.91 Å². The van der Waals surface area contributed by atoms with Crippen LogP contribution in [-0.2, 0) is 24.5 Å². The van der Waals surface area contributed by atoms with Gasteiger partial charge in [-0.25, -0.2) is 0 Å². The number of carbonyl (C=O) groups excluding carboxylic acids is 2. The SMILES string of the molecule is COc1ccc2c(c1)NC(=O)C21CCN2CC3C(C)OC=C(OC(C)=O)C3CC21. The summed E-state index contributed by atoms with van der Waals surface area (Å²) in [6.45, 7) is 5.17. The Morgan fingerprint density at radius 1 is 1.38 bits per heavy atom. The van der Waals surface area contributed by atoms with E-state index in [2.05, 4.69) is 17.1 Å². The van der Waals surface area contributed by atoms with Crippen LogP contribution in [0.15, 0.2) is 30.2 Å². The molecule has 0 aromatic heterocycles. The molecule has 5 unspecified atom stereocenters. The summed E-state index contributed by atoms with van der Waals surface area (Å²) in [6.07, 6.45) is 3.18. The van der Waals surface area contributed by atoms with Gasteiger partial charge in [0, 0.05) is 43.1 Å². The molecule has 1 N–H and O–H groups in total. The lowest BCUT2D eigenvalue weighted by Gasteiger charge is -2.47. The highest BCUT2D eigenvalue weighted by molar-refractivity contribution is 6.07. The quantitative estimate of drug-likeness (QED) is 0.771. The molecule has 1 spiro atoms. The molecule has 0 saturated carbocycles. The molecular weight excluding hydrogens is 372 g/mol. The van der Waals surface area contributed by atoms with Crippen molar-refractivity contribution in [2.75, 3.05) is 25.5 Å². The van der Waals surface area contributed by atoms with Gasteiger partial charge in [-0.15, -0.1) is 0 Å². The van der Waals surface area contributed by atoms with Crippen LogP contribution in [0.25, 0.3) is 0 Å². The Bertz CT molecular complexity index is 912. The molecule has 1 aromatic carbocycles. The van der Waals surface area contributed by atoms with Crippen LogP contribution in [0.1, 0.15) is 32.3 Å². The van der Waals surface area contributed by atoms with E-state index in [1.54, 1.807) is 13.4 Å². The maximum Gasteiger partial charge on any atom is 0.307 e. The van der Waals surface area contributed by atoms with Crippen molar-refractivity contribution in [1.82, 2.24) is 4.90 Å². The van der Waals surface area contributed by atoms with E-state index in [4.69, 9.17) is 14.2 Å². The molecule has 7 nitrogen and oxygen atoms in total. The van der Waals surface area contributed by atoms with E-state index in [1.807, 2.05) is 18.2 Å². The number of nitrogens with one attached hydrogen (secondary N) is 1. The molecule has 1 amide bonds. The lowest BCUT2D eigenvalue weighted by molar-refractivity contribution is -0.141. The summed E-state index contributed by atoms with van der Waals surface area (Å²) in [5.41, 5.74) is 1.32. The largest absolute Gasteiger partial charge is 0.497 e. The molecule has 7 heteroatoms. The first-order valence-corrected chi connectivity index (χ1v) is 10.2. The molecule has 2 saturated heterocycles. The Morgan fingerprint density at radius 3 is 2.97 bits per heavy atom. The van der Waals surface area contributed by atoms with Gasteiger partial charge in [-0.2, -0.15) is 0 Å². The number of esters is 1.